The summed E-state index contributed by atoms with van der Waals surface area (Å²) in [5.41, 5.74) is 0. The third-order valence-corrected chi connectivity index (χ3v) is 2.56. The lowest BCUT2D eigenvalue weighted by atomic mass is 10.1. The number of rotatable bonds is 4. The predicted octanol–water partition coefficient (Wildman–Crippen LogP) is 1.87. The molecule has 0 aromatic carbocycles. The van der Waals surface area contributed by atoms with Gasteiger partial charge in [0.25, 0.3) is 0 Å². The van der Waals surface area contributed by atoms with Gasteiger partial charge in [-0.1, -0.05) is 6.92 Å². The van der Waals surface area contributed by atoms with Crippen molar-refractivity contribution in [1.29, 1.82) is 0 Å². The molecular weight excluding hydrogens is 223 g/mol. The molecule has 1 saturated carbocycles. The molecule has 2 atom stereocenters. The molecule has 0 saturated heterocycles. The normalized spacial score (nSPS) is 25.8. The SMILES string of the molecule is CC1CCC(NC(=O)COCC(F)(F)F)C1. The second-order valence-electron chi connectivity index (χ2n) is 4.29. The van der Waals surface area contributed by atoms with E-state index in [0.29, 0.717) is 5.92 Å². The van der Waals surface area contributed by atoms with Crippen LogP contribution in [-0.2, 0) is 9.53 Å². The molecule has 0 bridgehead atoms. The number of carbonyl (C=O) groups excluding carboxylic acids is 1. The fourth-order valence-corrected chi connectivity index (χ4v) is 1.87. The number of hydrogen-bond donors (Lipinski definition) is 1. The van der Waals surface area contributed by atoms with Gasteiger partial charge in [0.2, 0.25) is 5.91 Å². The first-order valence-corrected chi connectivity index (χ1v) is 5.30. The Morgan fingerprint density at radius 3 is 2.62 bits per heavy atom. The van der Waals surface area contributed by atoms with E-state index in [-0.39, 0.29) is 6.04 Å². The minimum Gasteiger partial charge on any atom is -0.362 e. The maximum atomic E-state index is 11.7. The van der Waals surface area contributed by atoms with Gasteiger partial charge in [0.1, 0.15) is 13.2 Å². The van der Waals surface area contributed by atoms with Crippen molar-refractivity contribution < 1.29 is 22.7 Å². The van der Waals surface area contributed by atoms with E-state index >= 15 is 0 Å². The smallest absolute Gasteiger partial charge is 0.362 e. The van der Waals surface area contributed by atoms with Crippen LogP contribution < -0.4 is 5.32 Å². The van der Waals surface area contributed by atoms with Gasteiger partial charge in [-0.15, -0.1) is 0 Å². The molecule has 6 heteroatoms. The monoisotopic (exact) mass is 239 g/mol. The van der Waals surface area contributed by atoms with Crippen LogP contribution in [0.5, 0.6) is 0 Å². The van der Waals surface area contributed by atoms with Crippen molar-refractivity contribution in [2.75, 3.05) is 13.2 Å². The molecule has 0 heterocycles. The number of halogens is 3. The molecule has 94 valence electrons. The molecule has 1 amide bonds. The summed E-state index contributed by atoms with van der Waals surface area (Å²) < 4.78 is 39.4. The van der Waals surface area contributed by atoms with Crippen molar-refractivity contribution in [3.05, 3.63) is 0 Å². The molecule has 0 aliphatic heterocycles. The Hall–Kier alpha value is -0.780. The summed E-state index contributed by atoms with van der Waals surface area (Å²) in [5, 5.41) is 2.66. The fourth-order valence-electron chi connectivity index (χ4n) is 1.87. The Morgan fingerprint density at radius 1 is 1.44 bits per heavy atom. The summed E-state index contributed by atoms with van der Waals surface area (Å²) >= 11 is 0. The lowest BCUT2D eigenvalue weighted by Crippen LogP contribution is -2.36. The van der Waals surface area contributed by atoms with E-state index in [1.54, 1.807) is 0 Å². The third-order valence-electron chi connectivity index (χ3n) is 2.56. The number of hydrogen-bond acceptors (Lipinski definition) is 2. The molecule has 1 aliphatic rings. The van der Waals surface area contributed by atoms with Gasteiger partial charge < -0.3 is 10.1 Å². The first-order chi connectivity index (χ1) is 7.37. The highest BCUT2D eigenvalue weighted by Crippen LogP contribution is 2.24. The minimum absolute atomic E-state index is 0.0944. The van der Waals surface area contributed by atoms with Crippen LogP contribution in [0.1, 0.15) is 26.2 Å². The van der Waals surface area contributed by atoms with Crippen LogP contribution in [0.15, 0.2) is 0 Å². The maximum absolute atomic E-state index is 11.7. The third kappa shape index (κ3) is 5.34. The molecule has 1 aliphatic carbocycles. The number of carbonyl (C=O) groups is 1. The van der Waals surface area contributed by atoms with Gasteiger partial charge in [-0.3, -0.25) is 4.79 Å². The molecule has 0 aromatic heterocycles. The van der Waals surface area contributed by atoms with Crippen LogP contribution in [0, 0.1) is 5.92 Å². The highest BCUT2D eigenvalue weighted by atomic mass is 19.4. The first-order valence-electron chi connectivity index (χ1n) is 5.30. The van der Waals surface area contributed by atoms with Crippen molar-refractivity contribution in [2.24, 2.45) is 5.92 Å². The first kappa shape index (κ1) is 13.3. The zero-order valence-corrected chi connectivity index (χ0v) is 9.14. The van der Waals surface area contributed by atoms with Crippen LogP contribution in [0.25, 0.3) is 0 Å². The van der Waals surface area contributed by atoms with Gasteiger partial charge in [-0.05, 0) is 25.2 Å². The topological polar surface area (TPSA) is 38.3 Å². The van der Waals surface area contributed by atoms with E-state index in [4.69, 9.17) is 0 Å². The molecule has 2 unspecified atom stereocenters. The molecule has 1 N–H and O–H groups in total. The van der Waals surface area contributed by atoms with Crippen LogP contribution in [-0.4, -0.2) is 31.3 Å². The number of alkyl halides is 3. The van der Waals surface area contributed by atoms with Gasteiger partial charge in [0, 0.05) is 6.04 Å². The Labute approximate surface area is 92.3 Å². The molecule has 1 fully saturated rings. The van der Waals surface area contributed by atoms with Crippen molar-refractivity contribution in [3.8, 4) is 0 Å². The zero-order valence-electron chi connectivity index (χ0n) is 9.14. The number of ether oxygens (including phenoxy) is 1. The van der Waals surface area contributed by atoms with E-state index in [9.17, 15) is 18.0 Å². The lowest BCUT2D eigenvalue weighted by Gasteiger charge is -2.13. The van der Waals surface area contributed by atoms with Gasteiger partial charge in [-0.2, -0.15) is 13.2 Å². The molecule has 1 rings (SSSR count). The average Bonchev–Trinajstić information content (AvgIpc) is 2.48. The van der Waals surface area contributed by atoms with Crippen molar-refractivity contribution >= 4 is 5.91 Å². The van der Waals surface area contributed by atoms with Crippen LogP contribution in [0.2, 0.25) is 0 Å². The molecular formula is C10H16F3NO2. The van der Waals surface area contributed by atoms with Gasteiger partial charge in [-0.25, -0.2) is 0 Å². The number of nitrogens with one attached hydrogen (secondary N) is 1. The summed E-state index contributed by atoms with van der Waals surface area (Å²) in [6.45, 7) is 0.193. The summed E-state index contributed by atoms with van der Waals surface area (Å²) in [6, 6.07) is 0.0944. The molecule has 3 nitrogen and oxygen atoms in total. The standard InChI is InChI=1S/C10H16F3NO2/c1-7-2-3-8(4-7)14-9(15)5-16-6-10(11,12)13/h7-8H,2-6H2,1H3,(H,14,15). The van der Waals surface area contributed by atoms with Gasteiger partial charge in [0.05, 0.1) is 0 Å². The fraction of sp³-hybridized carbons (Fsp3) is 0.900. The Bertz CT molecular complexity index is 243. The Balaban J connectivity index is 2.12. The predicted molar refractivity (Wildman–Crippen MR) is 51.8 cm³/mol. The average molecular weight is 239 g/mol. The summed E-state index contributed by atoms with van der Waals surface area (Å²) in [4.78, 5) is 11.2. The van der Waals surface area contributed by atoms with Crippen LogP contribution >= 0.6 is 0 Å². The van der Waals surface area contributed by atoms with Crippen molar-refractivity contribution in [2.45, 2.75) is 38.4 Å². The lowest BCUT2D eigenvalue weighted by molar-refractivity contribution is -0.175. The summed E-state index contributed by atoms with van der Waals surface area (Å²) in [5.74, 6) is 0.102. The van der Waals surface area contributed by atoms with E-state index in [1.165, 1.54) is 0 Å². The van der Waals surface area contributed by atoms with E-state index in [2.05, 4.69) is 17.0 Å². The van der Waals surface area contributed by atoms with Crippen molar-refractivity contribution in [3.63, 3.8) is 0 Å². The largest absolute Gasteiger partial charge is 0.411 e. The Morgan fingerprint density at radius 2 is 2.12 bits per heavy atom. The minimum atomic E-state index is -4.37. The van der Waals surface area contributed by atoms with Crippen molar-refractivity contribution in [1.82, 2.24) is 5.32 Å². The summed E-state index contributed by atoms with van der Waals surface area (Å²) in [7, 11) is 0. The van der Waals surface area contributed by atoms with E-state index < -0.39 is 25.3 Å². The van der Waals surface area contributed by atoms with Gasteiger partial charge >= 0.3 is 6.18 Å². The van der Waals surface area contributed by atoms with Gasteiger partial charge in [0.15, 0.2) is 0 Å². The van der Waals surface area contributed by atoms with E-state index in [1.807, 2.05) is 0 Å². The van der Waals surface area contributed by atoms with Crippen LogP contribution in [0.4, 0.5) is 13.2 Å². The zero-order chi connectivity index (χ0) is 12.2. The van der Waals surface area contributed by atoms with E-state index in [0.717, 1.165) is 19.3 Å². The highest BCUT2D eigenvalue weighted by molar-refractivity contribution is 5.77. The second kappa shape index (κ2) is 5.52. The molecule has 0 spiro atoms. The quantitative estimate of drug-likeness (QED) is 0.813. The summed E-state index contributed by atoms with van der Waals surface area (Å²) in [6.07, 6.45) is -1.53. The highest BCUT2D eigenvalue weighted by Gasteiger charge is 2.28. The molecule has 0 radical (unpaired) electrons. The molecule has 16 heavy (non-hydrogen) atoms. The van der Waals surface area contributed by atoms with Crippen LogP contribution in [0.3, 0.4) is 0 Å². The maximum Gasteiger partial charge on any atom is 0.411 e. The Kier molecular flexibility index (Phi) is 4.58. The molecule has 0 aromatic rings. The number of amides is 1. The second-order valence-corrected chi connectivity index (χ2v) is 4.29.